The Labute approximate surface area is 135 Å². The molecule has 4 nitrogen and oxygen atoms in total. The molecule has 3 rings (SSSR count). The Hall–Kier alpha value is -1.59. The molecule has 2 aromatic rings. The van der Waals surface area contributed by atoms with E-state index in [1.165, 1.54) is 18.5 Å². The van der Waals surface area contributed by atoms with Crippen LogP contribution in [0, 0.1) is 5.92 Å². The number of rotatable bonds is 6. The van der Waals surface area contributed by atoms with Gasteiger partial charge in [0.05, 0.1) is 24.9 Å². The first-order valence-electron chi connectivity index (χ1n) is 7.70. The molecule has 0 bridgehead atoms. The number of likely N-dealkylation sites (tertiary alicyclic amines) is 1. The summed E-state index contributed by atoms with van der Waals surface area (Å²) in [5, 5.41) is 2.14. The Kier molecular flexibility index (Phi) is 5.29. The SMILES string of the molecule is COc1ccc(OC[C@@H]2CCCN(Cc3cscn3)C2)cc1. The Morgan fingerprint density at radius 2 is 2.09 bits per heavy atom. The molecule has 5 heteroatoms. The summed E-state index contributed by atoms with van der Waals surface area (Å²) in [7, 11) is 1.68. The topological polar surface area (TPSA) is 34.6 Å². The Balaban J connectivity index is 1.47. The predicted octanol–water partition coefficient (Wildman–Crippen LogP) is 3.44. The number of benzene rings is 1. The normalized spacial score (nSPS) is 19.0. The molecule has 1 aromatic heterocycles. The average Bonchev–Trinajstić information content (AvgIpc) is 3.07. The molecule has 0 unspecified atom stereocenters. The van der Waals surface area contributed by atoms with E-state index in [1.54, 1.807) is 18.4 Å². The molecule has 1 aliphatic rings. The molecule has 1 fully saturated rings. The molecular formula is C17H22N2O2S. The van der Waals surface area contributed by atoms with Gasteiger partial charge in [-0.25, -0.2) is 4.98 Å². The van der Waals surface area contributed by atoms with Crippen molar-refractivity contribution in [2.24, 2.45) is 5.92 Å². The van der Waals surface area contributed by atoms with Crippen molar-refractivity contribution in [1.29, 1.82) is 0 Å². The molecule has 0 amide bonds. The zero-order chi connectivity index (χ0) is 15.2. The highest BCUT2D eigenvalue weighted by Crippen LogP contribution is 2.22. The van der Waals surface area contributed by atoms with Crippen molar-refractivity contribution in [1.82, 2.24) is 9.88 Å². The molecule has 0 saturated carbocycles. The fraction of sp³-hybridized carbons (Fsp3) is 0.471. The van der Waals surface area contributed by atoms with Crippen molar-refractivity contribution in [2.75, 3.05) is 26.8 Å². The summed E-state index contributed by atoms with van der Waals surface area (Å²) in [6.45, 7) is 3.99. The number of hydrogen-bond donors (Lipinski definition) is 0. The molecule has 118 valence electrons. The lowest BCUT2D eigenvalue weighted by Gasteiger charge is -2.32. The third-order valence-corrected chi connectivity index (χ3v) is 4.65. The minimum absolute atomic E-state index is 0.592. The minimum atomic E-state index is 0.592. The van der Waals surface area contributed by atoms with Crippen molar-refractivity contribution in [3.63, 3.8) is 0 Å². The average molecular weight is 318 g/mol. The fourth-order valence-corrected chi connectivity index (χ4v) is 3.41. The number of ether oxygens (including phenoxy) is 2. The van der Waals surface area contributed by atoms with E-state index in [4.69, 9.17) is 9.47 Å². The second-order valence-electron chi connectivity index (χ2n) is 5.71. The van der Waals surface area contributed by atoms with Crippen LogP contribution in [0.4, 0.5) is 0 Å². The quantitative estimate of drug-likeness (QED) is 0.817. The minimum Gasteiger partial charge on any atom is -0.497 e. The first-order valence-corrected chi connectivity index (χ1v) is 8.64. The van der Waals surface area contributed by atoms with Crippen LogP contribution < -0.4 is 9.47 Å². The summed E-state index contributed by atoms with van der Waals surface area (Å²) in [5.74, 6) is 2.37. The van der Waals surface area contributed by atoms with Gasteiger partial charge in [-0.15, -0.1) is 11.3 Å². The lowest BCUT2D eigenvalue weighted by Crippen LogP contribution is -2.37. The van der Waals surface area contributed by atoms with Crippen LogP contribution >= 0.6 is 11.3 Å². The van der Waals surface area contributed by atoms with Gasteiger partial charge in [-0.2, -0.15) is 0 Å². The number of methoxy groups -OCH3 is 1. The second kappa shape index (κ2) is 7.61. The smallest absolute Gasteiger partial charge is 0.119 e. The van der Waals surface area contributed by atoms with Crippen LogP contribution in [-0.4, -0.2) is 36.7 Å². The van der Waals surface area contributed by atoms with Gasteiger partial charge in [0.1, 0.15) is 11.5 Å². The first kappa shape index (κ1) is 15.3. The molecule has 22 heavy (non-hydrogen) atoms. The van der Waals surface area contributed by atoms with Crippen LogP contribution in [0.25, 0.3) is 0 Å². The molecule has 1 atom stereocenters. The summed E-state index contributed by atoms with van der Waals surface area (Å²) in [5.41, 5.74) is 3.09. The van der Waals surface area contributed by atoms with Crippen LogP contribution in [0.15, 0.2) is 35.2 Å². The molecule has 1 aliphatic heterocycles. The summed E-state index contributed by atoms with van der Waals surface area (Å²) >= 11 is 1.67. The zero-order valence-corrected chi connectivity index (χ0v) is 13.7. The van der Waals surface area contributed by atoms with Crippen LogP contribution in [-0.2, 0) is 6.54 Å². The van der Waals surface area contributed by atoms with Gasteiger partial charge in [0.15, 0.2) is 0 Å². The fourth-order valence-electron chi connectivity index (χ4n) is 2.86. The standard InChI is InChI=1S/C17H22N2O2S/c1-20-16-4-6-17(7-5-16)21-11-14-3-2-8-19(9-14)10-15-12-22-13-18-15/h4-7,12-14H,2-3,8-11H2,1H3/t14-/m1/s1. The van der Waals surface area contributed by atoms with E-state index in [1.807, 2.05) is 29.8 Å². The van der Waals surface area contributed by atoms with E-state index in [9.17, 15) is 0 Å². The zero-order valence-electron chi connectivity index (χ0n) is 12.9. The number of hydrogen-bond acceptors (Lipinski definition) is 5. The van der Waals surface area contributed by atoms with E-state index in [-0.39, 0.29) is 0 Å². The summed E-state index contributed by atoms with van der Waals surface area (Å²) in [4.78, 5) is 6.87. The van der Waals surface area contributed by atoms with Gasteiger partial charge in [0.2, 0.25) is 0 Å². The summed E-state index contributed by atoms with van der Waals surface area (Å²) < 4.78 is 11.1. The highest BCUT2D eigenvalue weighted by atomic mass is 32.1. The highest BCUT2D eigenvalue weighted by Gasteiger charge is 2.21. The van der Waals surface area contributed by atoms with Gasteiger partial charge in [0.25, 0.3) is 0 Å². The predicted molar refractivity (Wildman–Crippen MR) is 88.6 cm³/mol. The monoisotopic (exact) mass is 318 g/mol. The van der Waals surface area contributed by atoms with Crippen molar-refractivity contribution in [3.8, 4) is 11.5 Å². The Morgan fingerprint density at radius 1 is 1.27 bits per heavy atom. The van der Waals surface area contributed by atoms with Crippen molar-refractivity contribution >= 4 is 11.3 Å². The van der Waals surface area contributed by atoms with Crippen molar-refractivity contribution < 1.29 is 9.47 Å². The maximum atomic E-state index is 5.93. The van der Waals surface area contributed by atoms with Crippen molar-refractivity contribution in [3.05, 3.63) is 40.8 Å². The van der Waals surface area contributed by atoms with Gasteiger partial charge in [-0.05, 0) is 43.7 Å². The molecule has 0 radical (unpaired) electrons. The van der Waals surface area contributed by atoms with E-state index < -0.39 is 0 Å². The van der Waals surface area contributed by atoms with Crippen LogP contribution in [0.2, 0.25) is 0 Å². The van der Waals surface area contributed by atoms with Gasteiger partial charge in [-0.3, -0.25) is 4.90 Å². The molecule has 2 heterocycles. The van der Waals surface area contributed by atoms with Gasteiger partial charge in [0, 0.05) is 24.4 Å². The number of piperidine rings is 1. The van der Waals surface area contributed by atoms with E-state index in [0.717, 1.165) is 37.7 Å². The number of nitrogens with zero attached hydrogens (tertiary/aromatic N) is 2. The summed E-state index contributed by atoms with van der Waals surface area (Å²) in [6.07, 6.45) is 2.48. The van der Waals surface area contributed by atoms with Gasteiger partial charge < -0.3 is 9.47 Å². The summed E-state index contributed by atoms with van der Waals surface area (Å²) in [6, 6.07) is 7.80. The largest absolute Gasteiger partial charge is 0.497 e. The Morgan fingerprint density at radius 3 is 2.82 bits per heavy atom. The molecule has 0 spiro atoms. The lowest BCUT2D eigenvalue weighted by molar-refractivity contribution is 0.124. The lowest BCUT2D eigenvalue weighted by atomic mass is 9.99. The maximum Gasteiger partial charge on any atom is 0.119 e. The number of aromatic nitrogens is 1. The maximum absolute atomic E-state index is 5.93. The second-order valence-corrected chi connectivity index (χ2v) is 6.43. The van der Waals surface area contributed by atoms with Gasteiger partial charge >= 0.3 is 0 Å². The van der Waals surface area contributed by atoms with Gasteiger partial charge in [-0.1, -0.05) is 0 Å². The number of thiazole rings is 1. The third kappa shape index (κ3) is 4.21. The Bertz CT molecular complexity index is 557. The van der Waals surface area contributed by atoms with E-state index >= 15 is 0 Å². The molecule has 1 aromatic carbocycles. The van der Waals surface area contributed by atoms with Crippen LogP contribution in [0.3, 0.4) is 0 Å². The van der Waals surface area contributed by atoms with E-state index in [0.29, 0.717) is 5.92 Å². The molecule has 1 saturated heterocycles. The van der Waals surface area contributed by atoms with Crippen LogP contribution in [0.1, 0.15) is 18.5 Å². The highest BCUT2D eigenvalue weighted by molar-refractivity contribution is 7.07. The molecule has 0 N–H and O–H groups in total. The van der Waals surface area contributed by atoms with E-state index in [2.05, 4.69) is 15.3 Å². The van der Waals surface area contributed by atoms with Crippen molar-refractivity contribution in [2.45, 2.75) is 19.4 Å². The first-order chi connectivity index (χ1) is 10.8. The molecular weight excluding hydrogens is 296 g/mol. The van der Waals surface area contributed by atoms with Crippen LogP contribution in [0.5, 0.6) is 11.5 Å². The third-order valence-electron chi connectivity index (χ3n) is 4.02. The molecule has 0 aliphatic carbocycles.